The molecule has 266 valence electrons. The molecule has 0 spiro atoms. The van der Waals surface area contributed by atoms with E-state index in [-0.39, 0.29) is 5.41 Å². The van der Waals surface area contributed by atoms with Gasteiger partial charge in [-0.25, -0.2) is 0 Å². The molecule has 11 aromatic rings. The molecule has 0 radical (unpaired) electrons. The Hall–Kier alpha value is -7.02. The first-order valence-corrected chi connectivity index (χ1v) is 20.1. The number of benzene rings is 11. The quantitative estimate of drug-likeness (QED) is 0.126. The van der Waals surface area contributed by atoms with Gasteiger partial charge in [0.05, 0.1) is 0 Å². The minimum atomic E-state index is -0.139. The molecule has 0 bridgehead atoms. The number of fused-ring (bicyclic) bond motifs is 12. The lowest BCUT2D eigenvalue weighted by Crippen LogP contribution is -2.15. The maximum Gasteiger partial charge on any atom is 0.0165 e. The SMILES string of the molecule is CC1(C)c2cc3cc(-c4cccc(-c5c6ccccc6c(-c6ccc7ccccc7c6)c6ccccc56)c4)ccc3cc2-c2c1c1ccccc1c1ccccc21. The van der Waals surface area contributed by atoms with Crippen molar-refractivity contribution in [1.82, 2.24) is 0 Å². The third-order valence-corrected chi connectivity index (χ3v) is 12.9. The molecule has 0 heteroatoms. The van der Waals surface area contributed by atoms with Gasteiger partial charge >= 0.3 is 0 Å². The summed E-state index contributed by atoms with van der Waals surface area (Å²) in [5.74, 6) is 0. The Bertz CT molecular complexity index is 3430. The highest BCUT2D eigenvalue weighted by atomic mass is 14.4. The summed E-state index contributed by atoms with van der Waals surface area (Å²) in [4.78, 5) is 0. The lowest BCUT2D eigenvalue weighted by atomic mass is 9.79. The van der Waals surface area contributed by atoms with Gasteiger partial charge < -0.3 is 0 Å². The van der Waals surface area contributed by atoms with Crippen LogP contribution in [-0.2, 0) is 5.41 Å². The van der Waals surface area contributed by atoms with E-state index in [0.717, 1.165) is 0 Å². The fraction of sp³-hybridized carbons (Fsp3) is 0.0526. The van der Waals surface area contributed by atoms with Gasteiger partial charge in [0.2, 0.25) is 0 Å². The molecule has 57 heavy (non-hydrogen) atoms. The predicted octanol–water partition coefficient (Wildman–Crippen LogP) is 15.9. The summed E-state index contributed by atoms with van der Waals surface area (Å²) in [7, 11) is 0. The van der Waals surface area contributed by atoms with Crippen molar-refractivity contribution in [2.24, 2.45) is 0 Å². The predicted molar refractivity (Wildman–Crippen MR) is 245 cm³/mol. The molecule has 0 atom stereocenters. The molecule has 0 saturated heterocycles. The average molecular weight is 723 g/mol. The molecule has 0 amide bonds. The van der Waals surface area contributed by atoms with E-state index in [1.54, 1.807) is 0 Å². The average Bonchev–Trinajstić information content (AvgIpc) is 3.50. The normalized spacial score (nSPS) is 13.2. The molecular formula is C57H38. The highest BCUT2D eigenvalue weighted by Crippen LogP contribution is 2.55. The summed E-state index contributed by atoms with van der Waals surface area (Å²) in [6.07, 6.45) is 0. The summed E-state index contributed by atoms with van der Waals surface area (Å²) in [5.41, 5.74) is 13.0. The van der Waals surface area contributed by atoms with Gasteiger partial charge in [-0.15, -0.1) is 0 Å². The van der Waals surface area contributed by atoms with Crippen LogP contribution in [-0.4, -0.2) is 0 Å². The first-order valence-electron chi connectivity index (χ1n) is 20.1. The zero-order valence-electron chi connectivity index (χ0n) is 32.0. The summed E-state index contributed by atoms with van der Waals surface area (Å²) < 4.78 is 0. The Kier molecular flexibility index (Phi) is 6.78. The van der Waals surface area contributed by atoms with E-state index in [2.05, 4.69) is 208 Å². The van der Waals surface area contributed by atoms with Crippen molar-refractivity contribution in [3.63, 3.8) is 0 Å². The van der Waals surface area contributed by atoms with Gasteiger partial charge in [-0.1, -0.05) is 178 Å². The lowest BCUT2D eigenvalue weighted by molar-refractivity contribution is 0.667. The maximum atomic E-state index is 2.48. The second-order valence-corrected chi connectivity index (χ2v) is 16.4. The van der Waals surface area contributed by atoms with Crippen LogP contribution in [0.3, 0.4) is 0 Å². The number of hydrogen-bond donors (Lipinski definition) is 0. The largest absolute Gasteiger partial charge is 0.0616 e. The number of hydrogen-bond acceptors (Lipinski definition) is 0. The monoisotopic (exact) mass is 722 g/mol. The van der Waals surface area contributed by atoms with Gasteiger partial charge in [-0.05, 0) is 151 Å². The van der Waals surface area contributed by atoms with E-state index >= 15 is 0 Å². The molecule has 1 aliphatic rings. The molecule has 0 unspecified atom stereocenters. The molecule has 1 aliphatic carbocycles. The zero-order valence-corrected chi connectivity index (χ0v) is 32.0. The molecule has 12 rings (SSSR count). The van der Waals surface area contributed by atoms with Crippen LogP contribution in [0.5, 0.6) is 0 Å². The maximum absolute atomic E-state index is 2.48. The smallest absolute Gasteiger partial charge is 0.0165 e. The van der Waals surface area contributed by atoms with E-state index in [0.29, 0.717) is 0 Å². The molecule has 0 aromatic heterocycles. The van der Waals surface area contributed by atoms with E-state index < -0.39 is 0 Å². The standard InChI is InChI=1S/C57H38/c1-57(2)52-34-42-32-38(27-28-39(42)33-51(52)55-45-20-7-5-18-43(45)44-19-6-12-25-50(44)56(55)57)37-16-13-17-40(31-37)53-46-21-8-10-23-48(46)54(49-24-11-9-22-47(49)53)41-29-26-35-14-3-4-15-36(35)30-41/h3-34H,1-2H3. The van der Waals surface area contributed by atoms with Crippen molar-refractivity contribution in [2.75, 3.05) is 0 Å². The second kappa shape index (κ2) is 12.0. The van der Waals surface area contributed by atoms with Gasteiger partial charge in [-0.3, -0.25) is 0 Å². The molecule has 11 aromatic carbocycles. The second-order valence-electron chi connectivity index (χ2n) is 16.4. The van der Waals surface area contributed by atoms with Crippen LogP contribution < -0.4 is 0 Å². The van der Waals surface area contributed by atoms with Crippen LogP contribution in [0, 0.1) is 0 Å². The molecule has 0 heterocycles. The molecule has 0 saturated carbocycles. The zero-order chi connectivity index (χ0) is 37.8. The summed E-state index contributed by atoms with van der Waals surface area (Å²) in [6, 6.07) is 72.6. The van der Waals surface area contributed by atoms with E-state index in [9.17, 15) is 0 Å². The van der Waals surface area contributed by atoms with Gasteiger partial charge in [0.25, 0.3) is 0 Å². The van der Waals surface area contributed by atoms with Crippen molar-refractivity contribution in [1.29, 1.82) is 0 Å². The summed E-state index contributed by atoms with van der Waals surface area (Å²) >= 11 is 0. The fourth-order valence-electron chi connectivity index (χ4n) is 10.4. The van der Waals surface area contributed by atoms with Crippen LogP contribution in [0.15, 0.2) is 194 Å². The van der Waals surface area contributed by atoms with Crippen molar-refractivity contribution in [3.05, 3.63) is 205 Å². The Labute approximate surface area is 332 Å². The van der Waals surface area contributed by atoms with E-state index in [4.69, 9.17) is 0 Å². The Morgan fingerprint density at radius 1 is 0.281 bits per heavy atom. The van der Waals surface area contributed by atoms with Gasteiger partial charge in [0, 0.05) is 5.41 Å². The first-order chi connectivity index (χ1) is 28.0. The molecule has 0 aliphatic heterocycles. The summed E-state index contributed by atoms with van der Waals surface area (Å²) in [5, 5.41) is 15.5. The first kappa shape index (κ1) is 32.2. The van der Waals surface area contributed by atoms with Crippen molar-refractivity contribution < 1.29 is 0 Å². The lowest BCUT2D eigenvalue weighted by Gasteiger charge is -2.24. The number of rotatable bonds is 3. The highest BCUT2D eigenvalue weighted by molar-refractivity contribution is 6.22. The third-order valence-electron chi connectivity index (χ3n) is 12.9. The van der Waals surface area contributed by atoms with E-state index in [1.807, 2.05) is 0 Å². The third kappa shape index (κ3) is 4.68. The minimum Gasteiger partial charge on any atom is -0.0616 e. The molecular weight excluding hydrogens is 685 g/mol. The van der Waals surface area contributed by atoms with Gasteiger partial charge in [0.15, 0.2) is 0 Å². The van der Waals surface area contributed by atoms with Crippen molar-refractivity contribution >= 4 is 64.6 Å². The fourth-order valence-corrected chi connectivity index (χ4v) is 10.4. The van der Waals surface area contributed by atoms with Gasteiger partial charge in [-0.2, -0.15) is 0 Å². The van der Waals surface area contributed by atoms with Crippen LogP contribution in [0.25, 0.3) is 109 Å². The van der Waals surface area contributed by atoms with Crippen LogP contribution in [0.4, 0.5) is 0 Å². The molecule has 0 fully saturated rings. The Morgan fingerprint density at radius 3 is 1.39 bits per heavy atom. The highest BCUT2D eigenvalue weighted by Gasteiger charge is 2.38. The van der Waals surface area contributed by atoms with Crippen LogP contribution in [0.2, 0.25) is 0 Å². The van der Waals surface area contributed by atoms with Crippen LogP contribution in [0.1, 0.15) is 25.0 Å². The Balaban J connectivity index is 1.02. The van der Waals surface area contributed by atoms with Gasteiger partial charge in [0.1, 0.15) is 0 Å². The Morgan fingerprint density at radius 2 is 0.719 bits per heavy atom. The molecule has 0 nitrogen and oxygen atoms in total. The topological polar surface area (TPSA) is 0 Å². The molecule has 0 N–H and O–H groups in total. The van der Waals surface area contributed by atoms with Crippen molar-refractivity contribution in [3.8, 4) is 44.5 Å². The van der Waals surface area contributed by atoms with E-state index in [1.165, 1.54) is 120 Å². The van der Waals surface area contributed by atoms with Crippen molar-refractivity contribution in [2.45, 2.75) is 19.3 Å². The minimum absolute atomic E-state index is 0.139. The van der Waals surface area contributed by atoms with Crippen LogP contribution >= 0.6 is 0 Å². The summed E-state index contributed by atoms with van der Waals surface area (Å²) in [6.45, 7) is 4.83.